The normalized spacial score (nSPS) is 8.18. The first-order valence-electron chi connectivity index (χ1n) is 5.77. The van der Waals surface area contributed by atoms with Crippen LogP contribution in [0.25, 0.3) is 0 Å². The SMILES string of the molecule is CC(=O)O.CCC[CH2][Sn][CH2]CCC.NC(=O)O. The molecule has 0 bridgehead atoms. The van der Waals surface area contributed by atoms with Gasteiger partial charge in [0.2, 0.25) is 0 Å². The number of rotatable bonds is 6. The molecule has 0 aliphatic heterocycles. The van der Waals surface area contributed by atoms with E-state index < -0.39 is 12.1 Å². The summed E-state index contributed by atoms with van der Waals surface area (Å²) in [5, 5.41) is 14.6. The topological polar surface area (TPSA) is 101 Å². The summed E-state index contributed by atoms with van der Waals surface area (Å²) in [7, 11) is 0. The fraction of sp³-hybridized carbons (Fsp3) is 0.818. The van der Waals surface area contributed by atoms with Crippen molar-refractivity contribution in [2.24, 2.45) is 5.73 Å². The van der Waals surface area contributed by atoms with Crippen molar-refractivity contribution in [3.63, 3.8) is 0 Å². The van der Waals surface area contributed by atoms with E-state index in [-0.39, 0.29) is 21.1 Å². The summed E-state index contributed by atoms with van der Waals surface area (Å²) >= 11 is 0.149. The van der Waals surface area contributed by atoms with Crippen LogP contribution in [-0.2, 0) is 4.79 Å². The zero-order valence-corrected chi connectivity index (χ0v) is 13.9. The minimum Gasteiger partial charge on any atom is -0.465 e. The van der Waals surface area contributed by atoms with E-state index in [1.54, 1.807) is 8.87 Å². The van der Waals surface area contributed by atoms with Crippen LogP contribution in [-0.4, -0.2) is 43.4 Å². The summed E-state index contributed by atoms with van der Waals surface area (Å²) in [6.45, 7) is 5.67. The number of hydrogen-bond donors (Lipinski definition) is 3. The quantitative estimate of drug-likeness (QED) is 0.504. The van der Waals surface area contributed by atoms with E-state index in [0.29, 0.717) is 0 Å². The van der Waals surface area contributed by atoms with Crippen molar-refractivity contribution in [1.29, 1.82) is 0 Å². The summed E-state index contributed by atoms with van der Waals surface area (Å²) in [6, 6.07) is 0. The van der Waals surface area contributed by atoms with Gasteiger partial charge in [0.1, 0.15) is 0 Å². The second-order valence-electron chi connectivity index (χ2n) is 3.31. The van der Waals surface area contributed by atoms with Crippen LogP contribution in [0.5, 0.6) is 0 Å². The predicted molar refractivity (Wildman–Crippen MR) is 70.7 cm³/mol. The predicted octanol–water partition coefficient (Wildman–Crippen LogP) is 2.84. The molecular formula is C11H25NO4Sn. The van der Waals surface area contributed by atoms with Gasteiger partial charge in [-0.25, -0.2) is 4.79 Å². The van der Waals surface area contributed by atoms with Crippen LogP contribution in [0, 0.1) is 0 Å². The van der Waals surface area contributed by atoms with Gasteiger partial charge in [-0.1, -0.05) is 0 Å². The first-order valence-corrected chi connectivity index (χ1v) is 9.80. The maximum absolute atomic E-state index is 9.00. The molecule has 0 aromatic rings. The molecule has 1 amide bonds. The van der Waals surface area contributed by atoms with Crippen molar-refractivity contribution in [1.82, 2.24) is 0 Å². The van der Waals surface area contributed by atoms with Gasteiger partial charge in [0.05, 0.1) is 0 Å². The molecule has 0 heterocycles. The van der Waals surface area contributed by atoms with E-state index in [4.69, 9.17) is 19.8 Å². The third-order valence-electron chi connectivity index (χ3n) is 1.41. The Bertz CT molecular complexity index is 151. The molecule has 0 aromatic heterocycles. The van der Waals surface area contributed by atoms with Gasteiger partial charge in [-0.2, -0.15) is 0 Å². The number of unbranched alkanes of at least 4 members (excludes halogenated alkanes) is 2. The van der Waals surface area contributed by atoms with Gasteiger partial charge in [-0.15, -0.1) is 0 Å². The second-order valence-corrected chi connectivity index (χ2v) is 7.60. The monoisotopic (exact) mass is 355 g/mol. The molecule has 6 heteroatoms. The standard InChI is InChI=1S/2C4H9.C2H4O2.CH3NO2.Sn/c2*1-3-4-2;1-2(3)4;2-1(3)4;/h2*1,3-4H2,2H3;1H3,(H,3,4);2H2,(H,3,4);. The molecule has 0 saturated carbocycles. The Morgan fingerprint density at radius 3 is 1.47 bits per heavy atom. The molecular weight excluding hydrogens is 329 g/mol. The molecule has 2 radical (unpaired) electrons. The third kappa shape index (κ3) is 92.8. The minimum absolute atomic E-state index is 0.149. The molecule has 17 heavy (non-hydrogen) atoms. The van der Waals surface area contributed by atoms with Crippen LogP contribution in [0.1, 0.15) is 46.5 Å². The van der Waals surface area contributed by atoms with Gasteiger partial charge >= 0.3 is 75.6 Å². The molecule has 4 N–H and O–H groups in total. The Labute approximate surface area is 114 Å². The Morgan fingerprint density at radius 2 is 1.29 bits per heavy atom. The molecule has 102 valence electrons. The van der Waals surface area contributed by atoms with Gasteiger partial charge in [0.25, 0.3) is 5.97 Å². The summed E-state index contributed by atoms with van der Waals surface area (Å²) in [6.07, 6.45) is 4.51. The molecule has 0 spiro atoms. The fourth-order valence-corrected chi connectivity index (χ4v) is 4.89. The van der Waals surface area contributed by atoms with E-state index in [9.17, 15) is 0 Å². The number of hydrogen-bond acceptors (Lipinski definition) is 2. The van der Waals surface area contributed by atoms with Gasteiger partial charge in [-0.05, 0) is 0 Å². The fourth-order valence-electron chi connectivity index (χ4n) is 0.729. The van der Waals surface area contributed by atoms with Crippen LogP contribution in [0.2, 0.25) is 8.87 Å². The second kappa shape index (κ2) is 20.9. The van der Waals surface area contributed by atoms with E-state index in [0.717, 1.165) is 6.92 Å². The van der Waals surface area contributed by atoms with Gasteiger partial charge in [0.15, 0.2) is 0 Å². The number of primary amides is 1. The molecule has 0 fully saturated rings. The number of carboxylic acids is 1. The van der Waals surface area contributed by atoms with Crippen LogP contribution >= 0.6 is 0 Å². The van der Waals surface area contributed by atoms with Crippen molar-refractivity contribution in [2.45, 2.75) is 55.3 Å². The van der Waals surface area contributed by atoms with E-state index >= 15 is 0 Å². The van der Waals surface area contributed by atoms with E-state index in [1.165, 1.54) is 25.7 Å². The minimum atomic E-state index is -1.33. The molecule has 5 nitrogen and oxygen atoms in total. The number of carboxylic acid groups (broad SMARTS) is 2. The maximum Gasteiger partial charge on any atom is 0.402 e. The molecule has 0 atom stereocenters. The first kappa shape index (κ1) is 21.8. The number of aliphatic carboxylic acids is 1. The van der Waals surface area contributed by atoms with E-state index in [2.05, 4.69) is 19.6 Å². The van der Waals surface area contributed by atoms with Crippen molar-refractivity contribution < 1.29 is 19.8 Å². The summed E-state index contributed by atoms with van der Waals surface area (Å²) in [4.78, 5) is 17.8. The van der Waals surface area contributed by atoms with Crippen LogP contribution in [0.4, 0.5) is 4.79 Å². The molecule has 0 rings (SSSR count). The average molecular weight is 354 g/mol. The molecule has 0 unspecified atom stereocenters. The van der Waals surface area contributed by atoms with E-state index in [1.807, 2.05) is 0 Å². The van der Waals surface area contributed by atoms with Crippen molar-refractivity contribution in [2.75, 3.05) is 0 Å². The Morgan fingerprint density at radius 1 is 1.06 bits per heavy atom. The van der Waals surface area contributed by atoms with Gasteiger partial charge in [-0.3, -0.25) is 4.79 Å². The zero-order valence-electron chi connectivity index (χ0n) is 11.0. The smallest absolute Gasteiger partial charge is 0.402 e. The summed E-state index contributed by atoms with van der Waals surface area (Å²) < 4.78 is 3.25. The first-order chi connectivity index (χ1) is 7.88. The molecule has 0 aromatic carbocycles. The van der Waals surface area contributed by atoms with Crippen molar-refractivity contribution >= 4 is 33.2 Å². The molecule has 0 aliphatic rings. The maximum atomic E-state index is 9.00. The van der Waals surface area contributed by atoms with Gasteiger partial charge < -0.3 is 15.9 Å². The third-order valence-corrected chi connectivity index (χ3v) is 5.45. The average Bonchev–Trinajstić information content (AvgIpc) is 2.16. The van der Waals surface area contributed by atoms with Crippen LogP contribution in [0.3, 0.4) is 0 Å². The summed E-state index contributed by atoms with van der Waals surface area (Å²) in [5.74, 6) is -0.833. The Hall–Kier alpha value is -0.461. The van der Waals surface area contributed by atoms with Crippen molar-refractivity contribution in [3.8, 4) is 0 Å². The van der Waals surface area contributed by atoms with Gasteiger partial charge in [0, 0.05) is 6.92 Å². The molecule has 0 saturated heterocycles. The number of nitrogens with two attached hydrogens (primary N) is 1. The Balaban J connectivity index is -0.000000205. The van der Waals surface area contributed by atoms with Crippen LogP contribution in [0.15, 0.2) is 0 Å². The van der Waals surface area contributed by atoms with Crippen molar-refractivity contribution in [3.05, 3.63) is 0 Å². The number of carbonyl (C=O) groups is 2. The number of amides is 1. The zero-order chi connectivity index (χ0) is 14.1. The largest absolute Gasteiger partial charge is 0.465 e. The molecule has 0 aliphatic carbocycles. The van der Waals surface area contributed by atoms with Crippen LogP contribution < -0.4 is 5.73 Å². The summed E-state index contributed by atoms with van der Waals surface area (Å²) in [5.41, 5.74) is 4.03. The Kier molecular flexibility index (Phi) is 26.8.